The van der Waals surface area contributed by atoms with Crippen molar-refractivity contribution in [3.05, 3.63) is 69.7 Å². The first-order valence-corrected chi connectivity index (χ1v) is 15.1. The van der Waals surface area contributed by atoms with Gasteiger partial charge in [-0.15, -0.1) is 0 Å². The molecule has 0 unspecified atom stereocenters. The van der Waals surface area contributed by atoms with E-state index >= 15 is 0 Å². The topological polar surface area (TPSA) is 0 Å². The van der Waals surface area contributed by atoms with Crippen LogP contribution in [0.1, 0.15) is 119 Å². The van der Waals surface area contributed by atoms with E-state index in [-0.39, 0.29) is 17.2 Å². The molecule has 0 aliphatic heterocycles. The molecule has 4 rings (SSSR count). The van der Waals surface area contributed by atoms with Crippen molar-refractivity contribution in [1.29, 1.82) is 0 Å². The van der Waals surface area contributed by atoms with Crippen molar-refractivity contribution < 1.29 is 8.78 Å². The smallest absolute Gasteiger partial charge is 0.129 e. The Morgan fingerprint density at radius 3 is 1.78 bits per heavy atom. The van der Waals surface area contributed by atoms with Crippen LogP contribution in [0.25, 0.3) is 0 Å². The number of hydrogen-bond acceptors (Lipinski definition) is 0. The van der Waals surface area contributed by atoms with Gasteiger partial charge in [0.05, 0.1) is 0 Å². The molecule has 0 N–H and O–H groups in total. The predicted molar refractivity (Wildman–Crippen MR) is 149 cm³/mol. The zero-order valence-electron chi connectivity index (χ0n) is 22.2. The average Bonchev–Trinajstić information content (AvgIpc) is 2.89. The first-order chi connectivity index (χ1) is 17.5. The number of benzene rings is 2. The number of rotatable bonds is 11. The summed E-state index contributed by atoms with van der Waals surface area (Å²) < 4.78 is 29.8. The third-order valence-corrected chi connectivity index (χ3v) is 9.48. The van der Waals surface area contributed by atoms with Gasteiger partial charge in [0.1, 0.15) is 11.6 Å². The Morgan fingerprint density at radius 2 is 1.22 bits per heavy atom. The summed E-state index contributed by atoms with van der Waals surface area (Å²) in [5.74, 6) is 2.27. The van der Waals surface area contributed by atoms with Crippen LogP contribution in [-0.4, -0.2) is 0 Å². The minimum absolute atomic E-state index is 0.211. The lowest BCUT2D eigenvalue weighted by atomic mass is 9.74. The molecule has 0 atom stereocenters. The second-order valence-corrected chi connectivity index (χ2v) is 12.2. The van der Waals surface area contributed by atoms with Crippen LogP contribution in [-0.2, 0) is 12.8 Å². The van der Waals surface area contributed by atoms with Gasteiger partial charge in [0.25, 0.3) is 0 Å². The van der Waals surface area contributed by atoms with Gasteiger partial charge < -0.3 is 0 Å². The molecule has 198 valence electrons. The summed E-state index contributed by atoms with van der Waals surface area (Å²) in [4.78, 5) is 0. The van der Waals surface area contributed by atoms with Gasteiger partial charge in [-0.2, -0.15) is 0 Å². The highest BCUT2D eigenvalue weighted by molar-refractivity contribution is 6.30. The van der Waals surface area contributed by atoms with E-state index in [1.165, 1.54) is 77.0 Å². The molecule has 2 aliphatic carbocycles. The van der Waals surface area contributed by atoms with E-state index < -0.39 is 0 Å². The van der Waals surface area contributed by atoms with Gasteiger partial charge >= 0.3 is 0 Å². The molecule has 2 aromatic rings. The summed E-state index contributed by atoms with van der Waals surface area (Å²) in [6.07, 6.45) is 19.7. The molecule has 0 spiro atoms. The summed E-state index contributed by atoms with van der Waals surface area (Å²) in [5, 5.41) is 0.676. The van der Waals surface area contributed by atoms with Crippen LogP contribution in [0.4, 0.5) is 8.78 Å². The Hall–Kier alpha value is -1.41. The van der Waals surface area contributed by atoms with E-state index in [9.17, 15) is 8.78 Å². The summed E-state index contributed by atoms with van der Waals surface area (Å²) >= 11 is 5.94. The van der Waals surface area contributed by atoms with E-state index in [1.54, 1.807) is 12.1 Å². The van der Waals surface area contributed by atoms with Crippen molar-refractivity contribution in [3.63, 3.8) is 0 Å². The molecule has 36 heavy (non-hydrogen) atoms. The van der Waals surface area contributed by atoms with E-state index in [4.69, 9.17) is 11.6 Å². The van der Waals surface area contributed by atoms with Gasteiger partial charge in [-0.25, -0.2) is 8.78 Å². The van der Waals surface area contributed by atoms with Crippen molar-refractivity contribution in [2.75, 3.05) is 0 Å². The summed E-state index contributed by atoms with van der Waals surface area (Å²) in [6.45, 7) is 2.29. The molecule has 2 fully saturated rings. The summed E-state index contributed by atoms with van der Waals surface area (Å²) in [7, 11) is 0. The van der Waals surface area contributed by atoms with Gasteiger partial charge in [-0.3, -0.25) is 0 Å². The molecule has 0 bridgehead atoms. The van der Waals surface area contributed by atoms with Gasteiger partial charge in [-0.1, -0.05) is 94.9 Å². The highest BCUT2D eigenvalue weighted by atomic mass is 35.5. The van der Waals surface area contributed by atoms with Gasteiger partial charge in [-0.05, 0) is 97.6 Å². The van der Waals surface area contributed by atoms with E-state index in [0.29, 0.717) is 23.8 Å². The molecular weight excluding hydrogens is 470 g/mol. The van der Waals surface area contributed by atoms with Gasteiger partial charge in [0.15, 0.2) is 0 Å². The van der Waals surface area contributed by atoms with Crippen molar-refractivity contribution >= 4 is 11.6 Å². The third kappa shape index (κ3) is 8.04. The molecule has 0 amide bonds. The Labute approximate surface area is 223 Å². The lowest BCUT2D eigenvalue weighted by molar-refractivity contribution is 0.222. The largest absolute Gasteiger partial charge is 0.207 e. The monoisotopic (exact) mass is 514 g/mol. The molecular formula is C33H45ClF2. The van der Waals surface area contributed by atoms with Crippen molar-refractivity contribution in [2.45, 2.75) is 116 Å². The molecule has 2 aromatic carbocycles. The van der Waals surface area contributed by atoms with E-state index in [1.807, 2.05) is 24.3 Å². The summed E-state index contributed by atoms with van der Waals surface area (Å²) in [5.41, 5.74) is 2.11. The van der Waals surface area contributed by atoms with Crippen LogP contribution in [0, 0.1) is 29.4 Å². The molecule has 0 heterocycles. The van der Waals surface area contributed by atoms with Crippen LogP contribution in [0.3, 0.4) is 0 Å². The average molecular weight is 515 g/mol. The number of unbranched alkanes of at least 4 members (excludes halogenated alkanes) is 2. The van der Waals surface area contributed by atoms with Crippen LogP contribution in [0.15, 0.2) is 36.4 Å². The fourth-order valence-electron chi connectivity index (χ4n) is 6.77. The summed E-state index contributed by atoms with van der Waals surface area (Å²) in [6, 6.07) is 10.7. The second kappa shape index (κ2) is 13.9. The zero-order chi connectivity index (χ0) is 25.3. The molecule has 0 aromatic heterocycles. The number of aryl methyl sites for hydroxylation is 1. The lowest BCUT2D eigenvalue weighted by Gasteiger charge is -2.32. The third-order valence-electron chi connectivity index (χ3n) is 9.22. The number of halogens is 3. The Bertz CT molecular complexity index is 898. The van der Waals surface area contributed by atoms with Gasteiger partial charge in [0.2, 0.25) is 0 Å². The highest BCUT2D eigenvalue weighted by Gasteiger charge is 2.26. The normalized spacial score (nSPS) is 24.7. The van der Waals surface area contributed by atoms with E-state index in [2.05, 4.69) is 6.92 Å². The standard InChI is InChI=1S/C33H45ClF2/c1-2-3-4-5-24-6-8-25(9-7-24)10-11-26-12-17-28(18-13-26)29-22-32(35)31(33(36)23-29)21-16-27-14-19-30(34)20-15-27/h14-15,19-20,22-26,28H,2-13,16-18,21H2,1H3/t24-,25-,26?,28?. The highest BCUT2D eigenvalue weighted by Crippen LogP contribution is 2.41. The van der Waals surface area contributed by atoms with Crippen LogP contribution >= 0.6 is 11.6 Å². The maximum Gasteiger partial charge on any atom is 0.129 e. The van der Waals surface area contributed by atoms with Crippen molar-refractivity contribution in [2.24, 2.45) is 17.8 Å². The van der Waals surface area contributed by atoms with Crippen molar-refractivity contribution in [3.8, 4) is 0 Å². The predicted octanol–water partition coefficient (Wildman–Crippen LogP) is 10.8. The molecule has 2 aliphatic rings. The molecule has 2 saturated carbocycles. The quantitative estimate of drug-likeness (QED) is 0.261. The minimum Gasteiger partial charge on any atom is -0.207 e. The SMILES string of the molecule is CCCCC[C@H]1CC[C@H](CCC2CCC(c3cc(F)c(CCc4ccc(Cl)cc4)c(F)c3)CC2)CC1. The first-order valence-electron chi connectivity index (χ1n) is 14.7. The zero-order valence-corrected chi connectivity index (χ0v) is 23.0. The maximum atomic E-state index is 14.9. The lowest BCUT2D eigenvalue weighted by Crippen LogP contribution is -2.18. The van der Waals surface area contributed by atoms with Crippen LogP contribution < -0.4 is 0 Å². The molecule has 0 saturated heterocycles. The van der Waals surface area contributed by atoms with E-state index in [0.717, 1.165) is 41.7 Å². The minimum atomic E-state index is -0.383. The van der Waals surface area contributed by atoms with Crippen LogP contribution in [0.5, 0.6) is 0 Å². The van der Waals surface area contributed by atoms with Crippen LogP contribution in [0.2, 0.25) is 5.02 Å². The molecule has 0 nitrogen and oxygen atoms in total. The second-order valence-electron chi connectivity index (χ2n) is 11.8. The fraction of sp³-hybridized carbons (Fsp3) is 0.636. The Kier molecular flexibility index (Phi) is 10.7. The molecule has 0 radical (unpaired) electrons. The first kappa shape index (κ1) is 27.6. The Morgan fingerprint density at radius 1 is 0.694 bits per heavy atom. The van der Waals surface area contributed by atoms with Crippen molar-refractivity contribution in [1.82, 2.24) is 0 Å². The fourth-order valence-corrected chi connectivity index (χ4v) is 6.89. The maximum absolute atomic E-state index is 14.9. The molecule has 3 heteroatoms. The Balaban J connectivity index is 1.19. The number of hydrogen-bond donors (Lipinski definition) is 0. The van der Waals surface area contributed by atoms with Gasteiger partial charge in [0, 0.05) is 10.6 Å².